The lowest BCUT2D eigenvalue weighted by Gasteiger charge is -2.33. The summed E-state index contributed by atoms with van der Waals surface area (Å²) < 4.78 is 0. The van der Waals surface area contributed by atoms with E-state index in [4.69, 9.17) is 0 Å². The third-order valence-corrected chi connectivity index (χ3v) is 6.19. The molecule has 1 amide bonds. The highest BCUT2D eigenvalue weighted by atomic mass is 32.1. The van der Waals surface area contributed by atoms with E-state index in [9.17, 15) is 4.79 Å². The molecule has 0 saturated carbocycles. The molecule has 24 heavy (non-hydrogen) atoms. The summed E-state index contributed by atoms with van der Waals surface area (Å²) in [7, 11) is 0. The van der Waals surface area contributed by atoms with Crippen LogP contribution < -0.4 is 4.90 Å². The number of benzene rings is 1. The summed E-state index contributed by atoms with van der Waals surface area (Å²) in [4.78, 5) is 18.7. The van der Waals surface area contributed by atoms with E-state index in [0.717, 1.165) is 38.8 Å². The number of amides is 1. The van der Waals surface area contributed by atoms with Crippen LogP contribution in [0, 0.1) is 6.92 Å². The number of thiophene rings is 1. The van der Waals surface area contributed by atoms with Gasteiger partial charge in [0.25, 0.3) is 0 Å². The van der Waals surface area contributed by atoms with Crippen molar-refractivity contribution < 1.29 is 4.79 Å². The van der Waals surface area contributed by atoms with Gasteiger partial charge in [-0.3, -0.25) is 4.79 Å². The molecule has 2 aliphatic rings. The second-order valence-corrected chi connectivity index (χ2v) is 7.90. The number of anilines is 1. The molecule has 4 rings (SSSR count). The standard InChI is InChI=1S/C20H24N2OS/c1-15-8-9-17-16(13-15)5-2-10-21(17)14-20(23)22-11-3-6-18(22)19-7-4-12-24-19/h4,7-9,12-13,18H,2-3,5-6,10-11,14H2,1H3. The zero-order valence-corrected chi connectivity index (χ0v) is 15.0. The first kappa shape index (κ1) is 15.7. The van der Waals surface area contributed by atoms with Crippen LogP contribution in [0.15, 0.2) is 35.7 Å². The fraction of sp³-hybridized carbons (Fsp3) is 0.450. The van der Waals surface area contributed by atoms with Crippen molar-refractivity contribution in [3.63, 3.8) is 0 Å². The molecular weight excluding hydrogens is 316 g/mol. The molecule has 4 heteroatoms. The minimum atomic E-state index is 0.277. The Hall–Kier alpha value is -1.81. The quantitative estimate of drug-likeness (QED) is 0.837. The van der Waals surface area contributed by atoms with E-state index < -0.39 is 0 Å². The van der Waals surface area contributed by atoms with E-state index in [-0.39, 0.29) is 5.91 Å². The molecule has 2 aliphatic heterocycles. The van der Waals surface area contributed by atoms with Gasteiger partial charge in [0, 0.05) is 23.7 Å². The number of aryl methyl sites for hydroxylation is 2. The Morgan fingerprint density at radius 2 is 2.17 bits per heavy atom. The summed E-state index contributed by atoms with van der Waals surface area (Å²) >= 11 is 1.77. The first-order valence-corrected chi connectivity index (χ1v) is 9.78. The van der Waals surface area contributed by atoms with Crippen molar-refractivity contribution in [3.8, 4) is 0 Å². The fourth-order valence-corrected chi connectivity index (χ4v) is 4.94. The highest BCUT2D eigenvalue weighted by Gasteiger charge is 2.32. The number of fused-ring (bicyclic) bond motifs is 1. The van der Waals surface area contributed by atoms with Crippen molar-refractivity contribution in [2.75, 3.05) is 24.5 Å². The zero-order valence-electron chi connectivity index (χ0n) is 14.2. The number of likely N-dealkylation sites (tertiary alicyclic amines) is 1. The van der Waals surface area contributed by atoms with Crippen LogP contribution >= 0.6 is 11.3 Å². The van der Waals surface area contributed by atoms with Gasteiger partial charge in [0.05, 0.1) is 12.6 Å². The Balaban J connectivity index is 1.51. The summed E-state index contributed by atoms with van der Waals surface area (Å²) in [5.74, 6) is 0.277. The van der Waals surface area contributed by atoms with E-state index in [1.165, 1.54) is 21.7 Å². The Morgan fingerprint density at radius 1 is 1.25 bits per heavy atom. The second-order valence-electron chi connectivity index (χ2n) is 6.92. The maximum Gasteiger partial charge on any atom is 0.242 e. The number of carbonyl (C=O) groups is 1. The summed E-state index contributed by atoms with van der Waals surface area (Å²) in [6.45, 7) is 4.54. The summed E-state index contributed by atoms with van der Waals surface area (Å²) in [6.07, 6.45) is 4.48. The molecule has 1 aromatic carbocycles. The Labute approximate surface area is 147 Å². The van der Waals surface area contributed by atoms with Crippen LogP contribution in [0.25, 0.3) is 0 Å². The van der Waals surface area contributed by atoms with E-state index >= 15 is 0 Å². The highest BCUT2D eigenvalue weighted by Crippen LogP contribution is 2.35. The molecule has 3 nitrogen and oxygen atoms in total. The molecule has 3 heterocycles. The van der Waals surface area contributed by atoms with Crippen molar-refractivity contribution >= 4 is 22.9 Å². The van der Waals surface area contributed by atoms with E-state index in [0.29, 0.717) is 12.6 Å². The molecule has 0 bridgehead atoms. The van der Waals surface area contributed by atoms with Gasteiger partial charge in [-0.1, -0.05) is 23.8 Å². The average molecular weight is 340 g/mol. The molecule has 1 saturated heterocycles. The van der Waals surface area contributed by atoms with E-state index in [1.54, 1.807) is 11.3 Å². The largest absolute Gasteiger partial charge is 0.362 e. The van der Waals surface area contributed by atoms with E-state index in [1.807, 2.05) is 0 Å². The Morgan fingerprint density at radius 3 is 3.00 bits per heavy atom. The minimum Gasteiger partial charge on any atom is -0.362 e. The molecule has 2 aromatic rings. The molecule has 0 N–H and O–H groups in total. The SMILES string of the molecule is Cc1ccc2c(c1)CCCN2CC(=O)N1CCCC1c1cccs1. The van der Waals surface area contributed by atoms with Gasteiger partial charge in [-0.15, -0.1) is 11.3 Å². The van der Waals surface area contributed by atoms with Gasteiger partial charge in [-0.2, -0.15) is 0 Å². The molecule has 1 unspecified atom stereocenters. The predicted octanol–water partition coefficient (Wildman–Crippen LogP) is 4.17. The summed E-state index contributed by atoms with van der Waals surface area (Å²) in [5.41, 5.74) is 3.96. The predicted molar refractivity (Wildman–Crippen MR) is 99.7 cm³/mol. The lowest BCUT2D eigenvalue weighted by Crippen LogP contribution is -2.41. The molecule has 126 valence electrons. The summed E-state index contributed by atoms with van der Waals surface area (Å²) in [5, 5.41) is 2.11. The van der Waals surface area contributed by atoms with E-state index in [2.05, 4.69) is 52.4 Å². The van der Waals surface area contributed by atoms with Gasteiger partial charge < -0.3 is 9.80 Å². The van der Waals surface area contributed by atoms with Crippen molar-refractivity contribution in [3.05, 3.63) is 51.7 Å². The number of hydrogen-bond acceptors (Lipinski definition) is 3. The molecular formula is C20H24N2OS. The highest BCUT2D eigenvalue weighted by molar-refractivity contribution is 7.10. The van der Waals surface area contributed by atoms with Crippen molar-refractivity contribution in [1.82, 2.24) is 4.90 Å². The topological polar surface area (TPSA) is 23.6 Å². The molecule has 0 spiro atoms. The van der Waals surface area contributed by atoms with Gasteiger partial charge in [0.2, 0.25) is 5.91 Å². The van der Waals surface area contributed by atoms with Crippen LogP contribution in [0.5, 0.6) is 0 Å². The lowest BCUT2D eigenvalue weighted by molar-refractivity contribution is -0.130. The lowest BCUT2D eigenvalue weighted by atomic mass is 9.99. The van der Waals surface area contributed by atoms with Gasteiger partial charge in [-0.25, -0.2) is 0 Å². The van der Waals surface area contributed by atoms with Crippen molar-refractivity contribution in [1.29, 1.82) is 0 Å². The molecule has 1 fully saturated rings. The number of nitrogens with zero attached hydrogens (tertiary/aromatic N) is 2. The first-order chi connectivity index (χ1) is 11.7. The smallest absolute Gasteiger partial charge is 0.242 e. The maximum atomic E-state index is 13.0. The summed E-state index contributed by atoms with van der Waals surface area (Å²) in [6, 6.07) is 11.2. The van der Waals surface area contributed by atoms with Crippen LogP contribution in [-0.4, -0.2) is 30.4 Å². The Kier molecular flexibility index (Phi) is 4.31. The van der Waals surface area contributed by atoms with Crippen molar-refractivity contribution in [2.24, 2.45) is 0 Å². The average Bonchev–Trinajstić information content (AvgIpc) is 3.25. The second kappa shape index (κ2) is 6.60. The van der Waals surface area contributed by atoms with Crippen LogP contribution in [0.1, 0.15) is 41.3 Å². The zero-order chi connectivity index (χ0) is 16.5. The molecule has 0 aliphatic carbocycles. The van der Waals surface area contributed by atoms with Crippen LogP contribution in [0.3, 0.4) is 0 Å². The number of carbonyl (C=O) groups excluding carboxylic acids is 1. The number of rotatable bonds is 3. The van der Waals surface area contributed by atoms with Crippen LogP contribution in [-0.2, 0) is 11.2 Å². The van der Waals surface area contributed by atoms with Crippen LogP contribution in [0.2, 0.25) is 0 Å². The van der Waals surface area contributed by atoms with Gasteiger partial charge in [-0.05, 0) is 55.7 Å². The minimum absolute atomic E-state index is 0.277. The monoisotopic (exact) mass is 340 g/mol. The fourth-order valence-electron chi connectivity index (χ4n) is 4.06. The Bertz CT molecular complexity index is 725. The first-order valence-electron chi connectivity index (χ1n) is 8.90. The van der Waals surface area contributed by atoms with Crippen molar-refractivity contribution in [2.45, 2.75) is 38.6 Å². The maximum absolute atomic E-state index is 13.0. The van der Waals surface area contributed by atoms with Crippen LogP contribution in [0.4, 0.5) is 5.69 Å². The third-order valence-electron chi connectivity index (χ3n) is 5.22. The van der Waals surface area contributed by atoms with Gasteiger partial charge in [0.15, 0.2) is 0 Å². The molecule has 1 atom stereocenters. The normalized spacial score (nSPS) is 20.3. The van der Waals surface area contributed by atoms with Gasteiger partial charge >= 0.3 is 0 Å². The molecule has 0 radical (unpaired) electrons. The molecule has 1 aromatic heterocycles. The third kappa shape index (κ3) is 2.95. The van der Waals surface area contributed by atoms with Gasteiger partial charge in [0.1, 0.15) is 0 Å². The number of hydrogen-bond donors (Lipinski definition) is 0.